The number of benzene rings is 3. The number of ketones is 1. The van der Waals surface area contributed by atoms with Crippen molar-refractivity contribution in [2.24, 2.45) is 11.1 Å². The summed E-state index contributed by atoms with van der Waals surface area (Å²) in [4.78, 5) is 15.9. The summed E-state index contributed by atoms with van der Waals surface area (Å²) < 4.78 is 6.09. The van der Waals surface area contributed by atoms with E-state index in [1.807, 2.05) is 56.0 Å². The van der Waals surface area contributed by atoms with E-state index in [4.69, 9.17) is 33.7 Å². The van der Waals surface area contributed by atoms with Crippen molar-refractivity contribution in [1.29, 1.82) is 5.26 Å². The minimum atomic E-state index is -0.580. The van der Waals surface area contributed by atoms with Crippen LogP contribution in [0.15, 0.2) is 77.3 Å². The number of carbonyl (C=O) groups is 1. The number of carbonyl (C=O) groups excluding carboxylic acids is 1. The minimum absolute atomic E-state index is 0.0334. The molecule has 0 bridgehead atoms. The summed E-state index contributed by atoms with van der Waals surface area (Å²) in [6, 6.07) is 19.4. The van der Waals surface area contributed by atoms with Crippen molar-refractivity contribution in [3.8, 4) is 11.8 Å². The van der Waals surface area contributed by atoms with E-state index in [0.29, 0.717) is 52.2 Å². The summed E-state index contributed by atoms with van der Waals surface area (Å²) in [5, 5.41) is 11.8. The van der Waals surface area contributed by atoms with Gasteiger partial charge in [0.05, 0.1) is 23.2 Å². The van der Waals surface area contributed by atoms with Gasteiger partial charge in [0.1, 0.15) is 18.2 Å². The number of aryl methyl sites for hydroxylation is 2. The molecule has 7 heteroatoms. The summed E-state index contributed by atoms with van der Waals surface area (Å²) in [6.07, 6.45) is 1.02. The van der Waals surface area contributed by atoms with Gasteiger partial charge in [-0.25, -0.2) is 0 Å². The second kappa shape index (κ2) is 10.9. The van der Waals surface area contributed by atoms with Crippen LogP contribution < -0.4 is 15.4 Å². The highest BCUT2D eigenvalue weighted by atomic mass is 35.5. The van der Waals surface area contributed by atoms with E-state index in [1.165, 1.54) is 0 Å². The third-order valence-corrected chi connectivity index (χ3v) is 8.50. The fourth-order valence-corrected chi connectivity index (χ4v) is 6.32. The molecule has 1 atom stereocenters. The van der Waals surface area contributed by atoms with Gasteiger partial charge < -0.3 is 10.5 Å². The van der Waals surface area contributed by atoms with Crippen molar-refractivity contribution in [2.75, 3.05) is 4.90 Å². The molecule has 0 amide bonds. The average Bonchev–Trinajstić information content (AvgIpc) is 2.90. The molecule has 0 spiro atoms. The number of hydrogen-bond donors (Lipinski definition) is 1. The number of halogens is 2. The van der Waals surface area contributed by atoms with Crippen LogP contribution in [-0.2, 0) is 11.4 Å². The fourth-order valence-electron chi connectivity index (χ4n) is 6.02. The highest BCUT2D eigenvalue weighted by Crippen LogP contribution is 2.51. The van der Waals surface area contributed by atoms with Crippen molar-refractivity contribution in [3.05, 3.63) is 115 Å². The lowest BCUT2D eigenvalue weighted by Crippen LogP contribution is -2.42. The molecule has 2 aliphatic rings. The number of hydrogen-bond acceptors (Lipinski definition) is 5. The standard InChI is InChI=1S/C34H33Cl2N3O2/c1-19-12-22(18-41-25-10-8-23(35)9-11-25)21(3)26(13-19)31-27(17-37)33(38)39(28-14-24(36)7-6-20(28)2)29-15-34(4,5)16-30(40)32(29)31/h6-14,31H,15-16,18,38H2,1-5H3. The first kappa shape index (κ1) is 28.8. The van der Waals surface area contributed by atoms with Crippen molar-refractivity contribution in [1.82, 2.24) is 0 Å². The van der Waals surface area contributed by atoms with Gasteiger partial charge in [-0.3, -0.25) is 9.69 Å². The van der Waals surface area contributed by atoms with E-state index in [1.54, 1.807) is 12.1 Å². The lowest BCUT2D eigenvalue weighted by atomic mass is 9.67. The van der Waals surface area contributed by atoms with Crippen molar-refractivity contribution < 1.29 is 9.53 Å². The van der Waals surface area contributed by atoms with Crippen LogP contribution in [-0.4, -0.2) is 5.78 Å². The van der Waals surface area contributed by atoms with Crippen LogP contribution in [0.5, 0.6) is 5.75 Å². The molecule has 5 nitrogen and oxygen atoms in total. The predicted molar refractivity (Wildman–Crippen MR) is 165 cm³/mol. The van der Waals surface area contributed by atoms with Gasteiger partial charge in [-0.15, -0.1) is 0 Å². The largest absolute Gasteiger partial charge is 0.489 e. The molecule has 210 valence electrons. The van der Waals surface area contributed by atoms with Crippen LogP contribution in [0.3, 0.4) is 0 Å². The van der Waals surface area contributed by atoms with Gasteiger partial charge in [0, 0.05) is 27.7 Å². The Kier molecular flexibility index (Phi) is 7.68. The number of anilines is 1. The number of nitrogens with two attached hydrogens (primary N) is 1. The molecule has 1 heterocycles. The molecule has 1 unspecified atom stereocenters. The van der Waals surface area contributed by atoms with Gasteiger partial charge in [-0.1, -0.05) is 60.8 Å². The quantitative estimate of drug-likeness (QED) is 0.325. The molecule has 5 rings (SSSR count). The average molecular weight is 587 g/mol. The van der Waals surface area contributed by atoms with E-state index < -0.39 is 5.92 Å². The lowest BCUT2D eigenvalue weighted by molar-refractivity contribution is -0.118. The Morgan fingerprint density at radius 2 is 1.71 bits per heavy atom. The molecule has 0 fully saturated rings. The van der Waals surface area contributed by atoms with Gasteiger partial charge in [-0.05, 0) is 91.3 Å². The number of nitrogens with zero attached hydrogens (tertiary/aromatic N) is 2. The van der Waals surface area contributed by atoms with Gasteiger partial charge in [-0.2, -0.15) is 5.26 Å². The Morgan fingerprint density at radius 3 is 2.39 bits per heavy atom. The first-order valence-electron chi connectivity index (χ1n) is 13.6. The highest BCUT2D eigenvalue weighted by molar-refractivity contribution is 6.31. The first-order valence-corrected chi connectivity index (χ1v) is 14.4. The van der Waals surface area contributed by atoms with E-state index in [-0.39, 0.29) is 11.2 Å². The van der Waals surface area contributed by atoms with E-state index in [2.05, 4.69) is 32.0 Å². The number of allylic oxidation sites excluding steroid dienone is 3. The first-order chi connectivity index (χ1) is 19.4. The highest BCUT2D eigenvalue weighted by Gasteiger charge is 2.45. The number of nitriles is 1. The molecule has 0 radical (unpaired) electrons. The maximum Gasteiger partial charge on any atom is 0.162 e. The minimum Gasteiger partial charge on any atom is -0.489 e. The SMILES string of the molecule is Cc1cc(COc2ccc(Cl)cc2)c(C)c(C2C(C#N)=C(N)N(c3cc(Cl)ccc3C)C3=C2C(=O)CC(C)(C)C3)c1. The molecule has 3 aromatic rings. The number of rotatable bonds is 5. The Hall–Kier alpha value is -3.72. The smallest absolute Gasteiger partial charge is 0.162 e. The zero-order valence-electron chi connectivity index (χ0n) is 23.9. The van der Waals surface area contributed by atoms with Crippen LogP contribution in [0.2, 0.25) is 10.0 Å². The summed E-state index contributed by atoms with van der Waals surface area (Å²) >= 11 is 12.5. The van der Waals surface area contributed by atoms with Crippen LogP contribution in [0.1, 0.15) is 60.4 Å². The second-order valence-electron chi connectivity index (χ2n) is 11.8. The molecule has 2 N–H and O–H groups in total. The van der Waals surface area contributed by atoms with Gasteiger partial charge in [0.15, 0.2) is 5.78 Å². The van der Waals surface area contributed by atoms with Crippen molar-refractivity contribution in [2.45, 2.75) is 60.0 Å². The van der Waals surface area contributed by atoms with Crippen LogP contribution in [0.4, 0.5) is 5.69 Å². The zero-order valence-corrected chi connectivity index (χ0v) is 25.5. The Balaban J connectivity index is 1.69. The summed E-state index contributed by atoms with van der Waals surface area (Å²) in [5.41, 5.74) is 14.0. The van der Waals surface area contributed by atoms with Gasteiger partial charge in [0.25, 0.3) is 0 Å². The third-order valence-electron chi connectivity index (χ3n) is 8.01. The second-order valence-corrected chi connectivity index (χ2v) is 12.7. The molecular weight excluding hydrogens is 553 g/mol. The topological polar surface area (TPSA) is 79.3 Å². The van der Waals surface area contributed by atoms with Gasteiger partial charge in [0.2, 0.25) is 0 Å². The number of ether oxygens (including phenoxy) is 1. The summed E-state index contributed by atoms with van der Waals surface area (Å²) in [7, 11) is 0. The third kappa shape index (κ3) is 5.47. The van der Waals surface area contributed by atoms with Crippen molar-refractivity contribution in [3.63, 3.8) is 0 Å². The molecular formula is C34H33Cl2N3O2. The molecule has 3 aromatic carbocycles. The maximum atomic E-state index is 14.0. The molecule has 1 aliphatic carbocycles. The number of Topliss-reactive ketones (excluding diaryl/α,β-unsaturated/α-hetero) is 1. The zero-order chi connectivity index (χ0) is 29.6. The van der Waals surface area contributed by atoms with Gasteiger partial charge >= 0.3 is 0 Å². The molecule has 0 saturated heterocycles. The van der Waals surface area contributed by atoms with Crippen LogP contribution in [0.25, 0.3) is 0 Å². The molecule has 0 aromatic heterocycles. The normalized spacial score (nSPS) is 18.3. The Morgan fingerprint density at radius 1 is 1.02 bits per heavy atom. The van der Waals surface area contributed by atoms with Crippen molar-refractivity contribution >= 4 is 34.7 Å². The Bertz CT molecular complexity index is 1660. The van der Waals surface area contributed by atoms with Crippen LogP contribution in [0, 0.1) is 37.5 Å². The van der Waals surface area contributed by atoms with E-state index in [0.717, 1.165) is 39.2 Å². The Labute approximate surface area is 251 Å². The monoisotopic (exact) mass is 585 g/mol. The summed E-state index contributed by atoms with van der Waals surface area (Å²) in [6.45, 7) is 10.5. The molecule has 41 heavy (non-hydrogen) atoms. The predicted octanol–water partition coefficient (Wildman–Crippen LogP) is 8.44. The van der Waals surface area contributed by atoms with Crippen LogP contribution >= 0.6 is 23.2 Å². The maximum absolute atomic E-state index is 14.0. The molecule has 1 aliphatic heterocycles. The summed E-state index contributed by atoms with van der Waals surface area (Å²) in [5.74, 6) is 0.486. The fraction of sp³-hybridized carbons (Fsp3) is 0.294. The molecule has 0 saturated carbocycles. The van der Waals surface area contributed by atoms with E-state index >= 15 is 0 Å². The lowest BCUT2D eigenvalue weighted by Gasteiger charge is -2.44. The van der Waals surface area contributed by atoms with E-state index in [9.17, 15) is 10.1 Å².